The molecule has 1 N–H and O–H groups in total. The van der Waals surface area contributed by atoms with Crippen molar-refractivity contribution in [2.45, 2.75) is 36.8 Å². The third-order valence-corrected chi connectivity index (χ3v) is 5.32. The van der Waals surface area contributed by atoms with Gasteiger partial charge in [0.1, 0.15) is 5.76 Å². The number of nitrogens with zero attached hydrogens (tertiary/aromatic N) is 4. The Kier molecular flexibility index (Phi) is 5.65. The van der Waals surface area contributed by atoms with Crippen LogP contribution in [0.15, 0.2) is 45.5 Å². The largest absolute Gasteiger partial charge is 0.467 e. The summed E-state index contributed by atoms with van der Waals surface area (Å²) in [6, 6.07) is 7.73. The molecule has 3 aromatic heterocycles. The van der Waals surface area contributed by atoms with Gasteiger partial charge in [0, 0.05) is 11.3 Å². The molecule has 7 nitrogen and oxygen atoms in total. The van der Waals surface area contributed by atoms with E-state index in [9.17, 15) is 4.79 Å². The Morgan fingerprint density at radius 2 is 2.38 bits per heavy atom. The molecule has 0 aromatic carbocycles. The highest BCUT2D eigenvalue weighted by Crippen LogP contribution is 2.21. The Hall–Kier alpha value is -2.13. The van der Waals surface area contributed by atoms with Crippen molar-refractivity contribution in [3.05, 3.63) is 46.5 Å². The number of aromatic nitrogens is 4. The van der Waals surface area contributed by atoms with Crippen LogP contribution in [0.3, 0.4) is 0 Å². The van der Waals surface area contributed by atoms with E-state index in [1.165, 1.54) is 16.6 Å². The topological polar surface area (TPSA) is 85.8 Å². The van der Waals surface area contributed by atoms with Crippen LogP contribution in [0.1, 0.15) is 17.6 Å². The van der Waals surface area contributed by atoms with Gasteiger partial charge < -0.3 is 9.73 Å². The second kappa shape index (κ2) is 8.11. The standard InChI is InChI=1S/C15H17N5O2S2/c1-11(14(21)16-10-12-4-2-8-22-12)24-15-17-18-19-20(15)7-6-13-5-3-9-23-13/h2-5,8-9,11H,6-7,10H2,1H3,(H,16,21)/t11-/m1/s1. The summed E-state index contributed by atoms with van der Waals surface area (Å²) in [5, 5.41) is 17.0. The quantitative estimate of drug-likeness (QED) is 0.619. The number of rotatable bonds is 8. The number of hydrogen-bond donors (Lipinski definition) is 1. The number of tetrazole rings is 1. The van der Waals surface area contributed by atoms with Crippen LogP contribution in [0, 0.1) is 0 Å². The van der Waals surface area contributed by atoms with Crippen LogP contribution in [-0.4, -0.2) is 31.4 Å². The average Bonchev–Trinajstić information content (AvgIpc) is 3.33. The molecular formula is C15H17N5O2S2. The second-order valence-corrected chi connectivity index (χ2v) is 7.41. The summed E-state index contributed by atoms with van der Waals surface area (Å²) in [6.45, 7) is 2.90. The van der Waals surface area contributed by atoms with E-state index in [1.807, 2.05) is 19.1 Å². The van der Waals surface area contributed by atoms with Crippen molar-refractivity contribution in [3.63, 3.8) is 0 Å². The van der Waals surface area contributed by atoms with E-state index in [4.69, 9.17) is 4.42 Å². The lowest BCUT2D eigenvalue weighted by atomic mass is 10.3. The van der Waals surface area contributed by atoms with Crippen LogP contribution >= 0.6 is 23.1 Å². The highest BCUT2D eigenvalue weighted by atomic mass is 32.2. The van der Waals surface area contributed by atoms with Gasteiger partial charge in [-0.25, -0.2) is 4.68 Å². The van der Waals surface area contributed by atoms with Gasteiger partial charge in [0.15, 0.2) is 0 Å². The average molecular weight is 363 g/mol. The van der Waals surface area contributed by atoms with E-state index < -0.39 is 0 Å². The fourth-order valence-corrected chi connectivity index (χ4v) is 3.57. The molecule has 0 aliphatic heterocycles. The highest BCUT2D eigenvalue weighted by Gasteiger charge is 2.18. The molecule has 0 bridgehead atoms. The molecule has 3 heterocycles. The fourth-order valence-electron chi connectivity index (χ4n) is 2.03. The maximum Gasteiger partial charge on any atom is 0.233 e. The van der Waals surface area contributed by atoms with Crippen molar-refractivity contribution in [1.29, 1.82) is 0 Å². The molecule has 126 valence electrons. The summed E-state index contributed by atoms with van der Waals surface area (Å²) in [7, 11) is 0. The van der Waals surface area contributed by atoms with Gasteiger partial charge in [-0.05, 0) is 40.9 Å². The number of aryl methyl sites for hydroxylation is 2. The third-order valence-electron chi connectivity index (χ3n) is 3.32. The zero-order valence-electron chi connectivity index (χ0n) is 13.1. The summed E-state index contributed by atoms with van der Waals surface area (Å²) >= 11 is 3.06. The zero-order chi connectivity index (χ0) is 16.8. The van der Waals surface area contributed by atoms with E-state index >= 15 is 0 Å². The minimum absolute atomic E-state index is 0.0794. The van der Waals surface area contributed by atoms with Crippen LogP contribution in [0.5, 0.6) is 0 Å². The highest BCUT2D eigenvalue weighted by molar-refractivity contribution is 8.00. The molecule has 0 fully saturated rings. The smallest absolute Gasteiger partial charge is 0.233 e. The minimum atomic E-state index is -0.300. The number of carbonyl (C=O) groups excluding carboxylic acids is 1. The molecule has 9 heteroatoms. The van der Waals surface area contributed by atoms with Gasteiger partial charge in [-0.1, -0.05) is 17.8 Å². The Balaban J connectivity index is 1.51. The number of furan rings is 1. The summed E-state index contributed by atoms with van der Waals surface area (Å²) in [4.78, 5) is 13.5. The maximum atomic E-state index is 12.2. The predicted octanol–water partition coefficient (Wildman–Crippen LogP) is 2.37. The van der Waals surface area contributed by atoms with Crippen molar-refractivity contribution < 1.29 is 9.21 Å². The molecule has 1 atom stereocenters. The van der Waals surface area contributed by atoms with Gasteiger partial charge in [0.05, 0.1) is 24.6 Å². The monoisotopic (exact) mass is 363 g/mol. The lowest BCUT2D eigenvalue weighted by molar-refractivity contribution is -0.120. The van der Waals surface area contributed by atoms with E-state index in [2.05, 4.69) is 32.3 Å². The Morgan fingerprint density at radius 1 is 1.46 bits per heavy atom. The van der Waals surface area contributed by atoms with E-state index in [1.54, 1.807) is 28.3 Å². The number of carbonyl (C=O) groups is 1. The van der Waals surface area contributed by atoms with Gasteiger partial charge >= 0.3 is 0 Å². The number of hydrogen-bond acceptors (Lipinski definition) is 7. The molecule has 3 aromatic rings. The van der Waals surface area contributed by atoms with Crippen molar-refractivity contribution in [1.82, 2.24) is 25.5 Å². The number of amides is 1. The molecule has 0 spiro atoms. The summed E-state index contributed by atoms with van der Waals surface area (Å²) in [5.74, 6) is 0.644. The van der Waals surface area contributed by atoms with Crippen LogP contribution < -0.4 is 5.32 Å². The first-order valence-electron chi connectivity index (χ1n) is 7.47. The van der Waals surface area contributed by atoms with E-state index in [-0.39, 0.29) is 11.2 Å². The van der Waals surface area contributed by atoms with Crippen molar-refractivity contribution in [2.75, 3.05) is 0 Å². The van der Waals surface area contributed by atoms with Gasteiger partial charge in [-0.2, -0.15) is 0 Å². The third kappa shape index (κ3) is 4.45. The summed E-state index contributed by atoms with van der Waals surface area (Å²) in [5.41, 5.74) is 0. The SMILES string of the molecule is C[C@@H](Sc1nnnn1CCc1cccs1)C(=O)NCc1ccco1. The maximum absolute atomic E-state index is 12.2. The molecular weight excluding hydrogens is 346 g/mol. The van der Waals surface area contributed by atoms with E-state index in [0.29, 0.717) is 18.2 Å². The molecule has 3 rings (SSSR count). The molecule has 24 heavy (non-hydrogen) atoms. The molecule has 0 unspecified atom stereocenters. The summed E-state index contributed by atoms with van der Waals surface area (Å²) in [6.07, 6.45) is 2.46. The number of thiophene rings is 1. The van der Waals surface area contributed by atoms with Crippen molar-refractivity contribution >= 4 is 29.0 Å². The predicted molar refractivity (Wildman–Crippen MR) is 91.7 cm³/mol. The summed E-state index contributed by atoms with van der Waals surface area (Å²) < 4.78 is 6.94. The molecule has 0 aliphatic rings. The van der Waals surface area contributed by atoms with Gasteiger partial charge in [0.25, 0.3) is 0 Å². The Morgan fingerprint density at radius 3 is 3.12 bits per heavy atom. The van der Waals surface area contributed by atoms with Crippen LogP contribution in [0.2, 0.25) is 0 Å². The van der Waals surface area contributed by atoms with Crippen molar-refractivity contribution in [2.24, 2.45) is 0 Å². The molecule has 0 saturated carbocycles. The van der Waals surface area contributed by atoms with Crippen LogP contribution in [0.25, 0.3) is 0 Å². The number of thioether (sulfide) groups is 1. The van der Waals surface area contributed by atoms with Gasteiger partial charge in [0.2, 0.25) is 11.1 Å². The normalized spacial score (nSPS) is 12.2. The lowest BCUT2D eigenvalue weighted by Crippen LogP contribution is -2.30. The van der Waals surface area contributed by atoms with E-state index in [0.717, 1.165) is 12.2 Å². The van der Waals surface area contributed by atoms with Crippen LogP contribution in [0.4, 0.5) is 0 Å². The van der Waals surface area contributed by atoms with Gasteiger partial charge in [-0.3, -0.25) is 4.79 Å². The van der Waals surface area contributed by atoms with Gasteiger partial charge in [-0.15, -0.1) is 16.4 Å². The first-order chi connectivity index (χ1) is 11.7. The molecule has 0 saturated heterocycles. The minimum Gasteiger partial charge on any atom is -0.467 e. The first kappa shape index (κ1) is 16.7. The molecule has 0 radical (unpaired) electrons. The Labute approximate surface area is 147 Å². The zero-order valence-corrected chi connectivity index (χ0v) is 14.7. The Bertz CT molecular complexity index is 755. The lowest BCUT2D eigenvalue weighted by Gasteiger charge is -2.10. The first-order valence-corrected chi connectivity index (χ1v) is 9.23. The van der Waals surface area contributed by atoms with Crippen LogP contribution in [-0.2, 0) is 24.3 Å². The fraction of sp³-hybridized carbons (Fsp3) is 0.333. The number of nitrogens with one attached hydrogen (secondary N) is 1. The second-order valence-electron chi connectivity index (χ2n) is 5.07. The molecule has 0 aliphatic carbocycles. The van der Waals surface area contributed by atoms with Crippen molar-refractivity contribution in [3.8, 4) is 0 Å². The molecule has 1 amide bonds.